The van der Waals surface area contributed by atoms with Gasteiger partial charge in [-0.1, -0.05) is 37.3 Å². The summed E-state index contributed by atoms with van der Waals surface area (Å²) in [5.74, 6) is 1.92. The van der Waals surface area contributed by atoms with Gasteiger partial charge in [0.1, 0.15) is 5.76 Å². The van der Waals surface area contributed by atoms with Crippen LogP contribution in [0.4, 0.5) is 0 Å². The van der Waals surface area contributed by atoms with Crippen molar-refractivity contribution in [3.05, 3.63) is 59.2 Å². The Morgan fingerprint density at radius 1 is 1.24 bits per heavy atom. The van der Waals surface area contributed by atoms with Crippen molar-refractivity contribution >= 4 is 0 Å². The van der Waals surface area contributed by atoms with Crippen LogP contribution in [0.1, 0.15) is 19.4 Å². The molecule has 0 spiro atoms. The van der Waals surface area contributed by atoms with E-state index in [1.54, 1.807) is 7.11 Å². The molecule has 1 unspecified atom stereocenters. The average molecular weight is 230 g/mol. The van der Waals surface area contributed by atoms with Crippen molar-refractivity contribution in [2.45, 2.75) is 20.3 Å². The van der Waals surface area contributed by atoms with Gasteiger partial charge >= 0.3 is 0 Å². The Labute approximate surface area is 103 Å². The van der Waals surface area contributed by atoms with Gasteiger partial charge in [-0.15, -0.1) is 0 Å². The maximum absolute atomic E-state index is 5.61. The fraction of sp³-hybridized carbons (Fsp3) is 0.333. The molecule has 1 aromatic carbocycles. The molecule has 1 aliphatic heterocycles. The van der Waals surface area contributed by atoms with Crippen LogP contribution in [-0.2, 0) is 15.9 Å². The van der Waals surface area contributed by atoms with E-state index in [-0.39, 0.29) is 0 Å². The van der Waals surface area contributed by atoms with Gasteiger partial charge < -0.3 is 9.47 Å². The molecule has 0 aromatic heterocycles. The molecule has 0 saturated heterocycles. The molecule has 1 heterocycles. The van der Waals surface area contributed by atoms with Crippen molar-refractivity contribution in [3.8, 4) is 0 Å². The molecule has 2 heteroatoms. The van der Waals surface area contributed by atoms with Gasteiger partial charge in [0.2, 0.25) is 0 Å². The van der Waals surface area contributed by atoms with Gasteiger partial charge in [0.15, 0.2) is 0 Å². The highest BCUT2D eigenvalue weighted by molar-refractivity contribution is 5.28. The van der Waals surface area contributed by atoms with E-state index >= 15 is 0 Å². The normalized spacial score (nSPS) is 19.7. The summed E-state index contributed by atoms with van der Waals surface area (Å²) in [6.07, 6.45) is 3.00. The van der Waals surface area contributed by atoms with Gasteiger partial charge in [-0.3, -0.25) is 0 Å². The molecule has 0 bridgehead atoms. The third-order valence-electron chi connectivity index (χ3n) is 2.97. The first-order chi connectivity index (χ1) is 8.20. The topological polar surface area (TPSA) is 18.5 Å². The number of rotatable bonds is 3. The Morgan fingerprint density at radius 2 is 1.94 bits per heavy atom. The SMILES string of the molecule is COC1=C(Cc2ccccc2)C(C)C=C(C)O1. The highest BCUT2D eigenvalue weighted by Gasteiger charge is 2.21. The van der Waals surface area contributed by atoms with Gasteiger partial charge in [-0.2, -0.15) is 0 Å². The zero-order chi connectivity index (χ0) is 12.3. The first-order valence-electron chi connectivity index (χ1n) is 5.88. The zero-order valence-corrected chi connectivity index (χ0v) is 10.6. The highest BCUT2D eigenvalue weighted by atomic mass is 16.7. The van der Waals surface area contributed by atoms with E-state index in [4.69, 9.17) is 9.47 Å². The smallest absolute Gasteiger partial charge is 0.284 e. The van der Waals surface area contributed by atoms with Crippen LogP contribution in [0.25, 0.3) is 0 Å². The van der Waals surface area contributed by atoms with Crippen LogP contribution in [0.15, 0.2) is 53.7 Å². The molecule has 0 radical (unpaired) electrons. The van der Waals surface area contributed by atoms with Gasteiger partial charge in [-0.25, -0.2) is 0 Å². The van der Waals surface area contributed by atoms with E-state index in [9.17, 15) is 0 Å². The Hall–Kier alpha value is -1.70. The van der Waals surface area contributed by atoms with Gasteiger partial charge in [0.05, 0.1) is 7.11 Å². The number of benzene rings is 1. The minimum Gasteiger partial charge on any atom is -0.468 e. The van der Waals surface area contributed by atoms with E-state index < -0.39 is 0 Å². The minimum absolute atomic E-state index is 0.360. The Bertz CT molecular complexity index is 443. The average Bonchev–Trinajstić information content (AvgIpc) is 2.33. The lowest BCUT2D eigenvalue weighted by atomic mass is 9.93. The third-order valence-corrected chi connectivity index (χ3v) is 2.97. The summed E-state index contributed by atoms with van der Waals surface area (Å²) in [5, 5.41) is 0. The number of ether oxygens (including phenoxy) is 2. The maximum atomic E-state index is 5.61. The van der Waals surface area contributed by atoms with Crippen molar-refractivity contribution in [2.75, 3.05) is 7.11 Å². The van der Waals surface area contributed by atoms with Crippen molar-refractivity contribution in [2.24, 2.45) is 5.92 Å². The van der Waals surface area contributed by atoms with E-state index in [1.165, 1.54) is 11.1 Å². The lowest BCUT2D eigenvalue weighted by Crippen LogP contribution is -2.13. The fourth-order valence-electron chi connectivity index (χ4n) is 2.11. The lowest BCUT2D eigenvalue weighted by molar-refractivity contribution is 0.0899. The highest BCUT2D eigenvalue weighted by Crippen LogP contribution is 2.29. The first kappa shape index (κ1) is 11.8. The van der Waals surface area contributed by atoms with Crippen LogP contribution in [0, 0.1) is 5.92 Å². The molecular weight excluding hydrogens is 212 g/mol. The van der Waals surface area contributed by atoms with Gasteiger partial charge in [0, 0.05) is 17.9 Å². The van der Waals surface area contributed by atoms with Crippen molar-refractivity contribution in [1.82, 2.24) is 0 Å². The molecule has 0 aliphatic carbocycles. The molecule has 1 aromatic rings. The zero-order valence-electron chi connectivity index (χ0n) is 10.6. The number of hydrogen-bond acceptors (Lipinski definition) is 2. The molecule has 0 N–H and O–H groups in total. The first-order valence-corrected chi connectivity index (χ1v) is 5.88. The van der Waals surface area contributed by atoms with Crippen LogP contribution in [0.5, 0.6) is 0 Å². The van der Waals surface area contributed by atoms with E-state index in [1.807, 2.05) is 13.0 Å². The van der Waals surface area contributed by atoms with Crippen molar-refractivity contribution in [1.29, 1.82) is 0 Å². The summed E-state index contributed by atoms with van der Waals surface area (Å²) in [6.45, 7) is 4.12. The molecule has 1 atom stereocenters. The summed E-state index contributed by atoms with van der Waals surface area (Å²) >= 11 is 0. The molecule has 90 valence electrons. The van der Waals surface area contributed by atoms with Crippen molar-refractivity contribution in [3.63, 3.8) is 0 Å². The van der Waals surface area contributed by atoms with Crippen LogP contribution in [-0.4, -0.2) is 7.11 Å². The Balaban J connectivity index is 2.24. The summed E-state index contributed by atoms with van der Waals surface area (Å²) in [7, 11) is 1.66. The van der Waals surface area contributed by atoms with Crippen LogP contribution in [0.3, 0.4) is 0 Å². The van der Waals surface area contributed by atoms with Crippen LogP contribution >= 0.6 is 0 Å². The second-order valence-electron chi connectivity index (χ2n) is 4.35. The molecule has 1 aliphatic rings. The van der Waals surface area contributed by atoms with Gasteiger partial charge in [-0.05, 0) is 18.6 Å². The Kier molecular flexibility index (Phi) is 3.52. The van der Waals surface area contributed by atoms with E-state index in [0.29, 0.717) is 11.9 Å². The van der Waals surface area contributed by atoms with E-state index in [0.717, 1.165) is 12.2 Å². The summed E-state index contributed by atoms with van der Waals surface area (Å²) in [4.78, 5) is 0. The predicted molar refractivity (Wildman–Crippen MR) is 68.2 cm³/mol. The van der Waals surface area contributed by atoms with Gasteiger partial charge in [0.25, 0.3) is 5.95 Å². The maximum Gasteiger partial charge on any atom is 0.284 e. The minimum atomic E-state index is 0.360. The largest absolute Gasteiger partial charge is 0.468 e. The number of hydrogen-bond donors (Lipinski definition) is 0. The molecular formula is C15H18O2. The third kappa shape index (κ3) is 2.70. The van der Waals surface area contributed by atoms with Crippen LogP contribution in [0.2, 0.25) is 0 Å². The quantitative estimate of drug-likeness (QED) is 0.789. The predicted octanol–water partition coefficient (Wildman–Crippen LogP) is 3.66. The lowest BCUT2D eigenvalue weighted by Gasteiger charge is -2.23. The van der Waals surface area contributed by atoms with E-state index in [2.05, 4.69) is 37.3 Å². The monoisotopic (exact) mass is 230 g/mol. The number of allylic oxidation sites excluding steroid dienone is 3. The second kappa shape index (κ2) is 5.09. The van der Waals surface area contributed by atoms with Crippen molar-refractivity contribution < 1.29 is 9.47 Å². The molecule has 0 fully saturated rings. The summed E-state index contributed by atoms with van der Waals surface area (Å²) < 4.78 is 10.9. The molecule has 0 saturated carbocycles. The molecule has 17 heavy (non-hydrogen) atoms. The summed E-state index contributed by atoms with van der Waals surface area (Å²) in [5.41, 5.74) is 2.48. The molecule has 0 amide bonds. The Morgan fingerprint density at radius 3 is 2.59 bits per heavy atom. The summed E-state index contributed by atoms with van der Waals surface area (Å²) in [6, 6.07) is 10.4. The standard InChI is InChI=1S/C15H18O2/c1-11-9-12(2)17-15(16-3)14(11)10-13-7-5-4-6-8-13/h4-9,11H,10H2,1-3H3. The fourth-order valence-corrected chi connectivity index (χ4v) is 2.11. The van der Waals surface area contributed by atoms with Crippen LogP contribution < -0.4 is 0 Å². The second-order valence-corrected chi connectivity index (χ2v) is 4.35. The number of methoxy groups -OCH3 is 1. The molecule has 2 rings (SSSR count). The molecule has 2 nitrogen and oxygen atoms in total.